The molecule has 0 amide bonds. The van der Waals surface area contributed by atoms with Gasteiger partial charge in [-0.2, -0.15) is 0 Å². The molecule has 0 spiro atoms. The third-order valence-corrected chi connectivity index (χ3v) is 2.78. The fourth-order valence-corrected chi connectivity index (χ4v) is 1.19. The Morgan fingerprint density at radius 2 is 1.28 bits per heavy atom. The summed E-state index contributed by atoms with van der Waals surface area (Å²) in [6, 6.07) is 0. The third kappa shape index (κ3) is 3.82. The number of epoxide rings is 2. The highest BCUT2D eigenvalue weighted by Crippen LogP contribution is 2.14. The van der Waals surface area contributed by atoms with E-state index in [1.807, 2.05) is 0 Å². The Bertz CT molecular complexity index is 342. The van der Waals surface area contributed by atoms with Crippen LogP contribution in [-0.4, -0.2) is 50.6 Å². The van der Waals surface area contributed by atoms with Crippen molar-refractivity contribution < 1.29 is 28.5 Å². The number of hydrogen-bond acceptors (Lipinski definition) is 6. The van der Waals surface area contributed by atoms with Crippen molar-refractivity contribution in [3.63, 3.8) is 0 Å². The Morgan fingerprint density at radius 3 is 1.56 bits per heavy atom. The smallest absolute Gasteiger partial charge is 0.334 e. The minimum absolute atomic E-state index is 0.0148. The van der Waals surface area contributed by atoms with Crippen molar-refractivity contribution >= 4 is 11.9 Å². The lowest BCUT2D eigenvalue weighted by Gasteiger charge is -2.07. The maximum absolute atomic E-state index is 11.6. The van der Waals surface area contributed by atoms with Crippen molar-refractivity contribution in [1.29, 1.82) is 0 Å². The van der Waals surface area contributed by atoms with Gasteiger partial charge in [0, 0.05) is 11.1 Å². The van der Waals surface area contributed by atoms with Gasteiger partial charge < -0.3 is 18.9 Å². The van der Waals surface area contributed by atoms with Crippen molar-refractivity contribution in [2.24, 2.45) is 0 Å². The molecule has 2 rings (SSSR count). The molecular formula is C12H16O6. The summed E-state index contributed by atoms with van der Waals surface area (Å²) in [5.41, 5.74) is 0.523. The second-order valence-electron chi connectivity index (χ2n) is 4.36. The number of carbonyl (C=O) groups is 2. The molecule has 6 nitrogen and oxygen atoms in total. The zero-order valence-corrected chi connectivity index (χ0v) is 10.4. The molecule has 2 saturated heterocycles. The van der Waals surface area contributed by atoms with E-state index in [1.165, 1.54) is 0 Å². The second kappa shape index (κ2) is 5.49. The predicted octanol–water partition coefficient (Wildman–Crippen LogP) is 0.207. The number of hydrogen-bond donors (Lipinski definition) is 0. The van der Waals surface area contributed by atoms with Crippen molar-refractivity contribution in [3.05, 3.63) is 11.1 Å². The van der Waals surface area contributed by atoms with Gasteiger partial charge in [0.2, 0.25) is 0 Å². The van der Waals surface area contributed by atoms with Gasteiger partial charge >= 0.3 is 11.9 Å². The summed E-state index contributed by atoms with van der Waals surface area (Å²) in [5.74, 6) is -1.02. The molecule has 0 aromatic rings. The number of ether oxygens (including phenoxy) is 4. The highest BCUT2D eigenvalue weighted by Gasteiger charge is 2.27. The number of rotatable bonds is 6. The molecule has 2 unspecified atom stereocenters. The van der Waals surface area contributed by atoms with Crippen LogP contribution in [0.4, 0.5) is 0 Å². The summed E-state index contributed by atoms with van der Waals surface area (Å²) >= 11 is 0. The van der Waals surface area contributed by atoms with Crippen molar-refractivity contribution in [2.75, 3.05) is 26.4 Å². The lowest BCUT2D eigenvalue weighted by molar-refractivity contribution is -0.142. The molecule has 0 aromatic heterocycles. The quantitative estimate of drug-likeness (QED) is 0.384. The molecule has 2 fully saturated rings. The maximum Gasteiger partial charge on any atom is 0.334 e. The Labute approximate surface area is 105 Å². The molecule has 6 heteroatoms. The van der Waals surface area contributed by atoms with Gasteiger partial charge in [-0.25, -0.2) is 9.59 Å². The number of carbonyl (C=O) groups excluding carboxylic acids is 2. The zero-order chi connectivity index (χ0) is 13.1. The first-order valence-corrected chi connectivity index (χ1v) is 5.83. The lowest BCUT2D eigenvalue weighted by Crippen LogP contribution is -2.17. The van der Waals surface area contributed by atoms with Crippen LogP contribution in [0, 0.1) is 0 Å². The summed E-state index contributed by atoms with van der Waals surface area (Å²) < 4.78 is 19.8. The third-order valence-electron chi connectivity index (χ3n) is 2.78. The minimum Gasteiger partial charge on any atom is -0.459 e. The van der Waals surface area contributed by atoms with Crippen LogP contribution in [-0.2, 0) is 28.5 Å². The van der Waals surface area contributed by atoms with Crippen LogP contribution < -0.4 is 0 Å². The molecule has 2 heterocycles. The Balaban J connectivity index is 1.80. The number of esters is 2. The second-order valence-corrected chi connectivity index (χ2v) is 4.36. The molecular weight excluding hydrogens is 240 g/mol. The zero-order valence-electron chi connectivity index (χ0n) is 10.4. The van der Waals surface area contributed by atoms with Crippen LogP contribution >= 0.6 is 0 Å². The van der Waals surface area contributed by atoms with Gasteiger partial charge in [-0.1, -0.05) is 0 Å². The van der Waals surface area contributed by atoms with E-state index >= 15 is 0 Å². The van der Waals surface area contributed by atoms with E-state index in [-0.39, 0.29) is 36.6 Å². The molecule has 0 aliphatic carbocycles. The van der Waals surface area contributed by atoms with Gasteiger partial charge in [-0.3, -0.25) is 0 Å². The molecule has 2 atom stereocenters. The molecule has 0 saturated carbocycles. The molecule has 0 bridgehead atoms. The van der Waals surface area contributed by atoms with Crippen LogP contribution in [0.25, 0.3) is 0 Å². The fraction of sp³-hybridized carbons (Fsp3) is 0.667. The van der Waals surface area contributed by atoms with Crippen LogP contribution in [0.5, 0.6) is 0 Å². The Kier molecular flexibility index (Phi) is 3.98. The Hall–Kier alpha value is -1.40. The van der Waals surface area contributed by atoms with Gasteiger partial charge in [0.15, 0.2) is 0 Å². The standard InChI is InChI=1S/C12H16O6/c1-7(11(13)17-5-9-3-15-9)8(2)12(14)18-6-10-4-16-10/h9-10H,3-6H2,1-2H3/b8-7-. The first-order valence-electron chi connectivity index (χ1n) is 5.83. The van der Waals surface area contributed by atoms with Gasteiger partial charge in [0.25, 0.3) is 0 Å². The van der Waals surface area contributed by atoms with Crippen molar-refractivity contribution in [3.8, 4) is 0 Å². The predicted molar refractivity (Wildman–Crippen MR) is 59.8 cm³/mol. The normalized spacial score (nSPS) is 26.1. The van der Waals surface area contributed by atoms with E-state index < -0.39 is 11.9 Å². The first kappa shape index (κ1) is 13.0. The van der Waals surface area contributed by atoms with Crippen LogP contribution in [0.15, 0.2) is 11.1 Å². The summed E-state index contributed by atoms with van der Waals surface area (Å²) in [4.78, 5) is 23.2. The van der Waals surface area contributed by atoms with Crippen LogP contribution in [0.3, 0.4) is 0 Å². The van der Waals surface area contributed by atoms with E-state index in [0.29, 0.717) is 13.2 Å². The van der Waals surface area contributed by atoms with Gasteiger partial charge in [-0.15, -0.1) is 0 Å². The summed E-state index contributed by atoms with van der Waals surface area (Å²) in [7, 11) is 0. The average molecular weight is 256 g/mol. The van der Waals surface area contributed by atoms with Crippen molar-refractivity contribution in [2.45, 2.75) is 26.1 Å². The molecule has 0 aromatic carbocycles. The monoisotopic (exact) mass is 256 g/mol. The fourth-order valence-electron chi connectivity index (χ4n) is 1.19. The summed E-state index contributed by atoms with van der Waals surface area (Å²) in [6.07, 6.45) is 0.0297. The van der Waals surface area contributed by atoms with Crippen molar-refractivity contribution in [1.82, 2.24) is 0 Å². The van der Waals surface area contributed by atoms with Crippen LogP contribution in [0.2, 0.25) is 0 Å². The summed E-state index contributed by atoms with van der Waals surface area (Å²) in [6.45, 7) is 4.79. The van der Waals surface area contributed by atoms with E-state index in [9.17, 15) is 9.59 Å². The highest BCUT2D eigenvalue weighted by atomic mass is 16.6. The lowest BCUT2D eigenvalue weighted by atomic mass is 10.1. The highest BCUT2D eigenvalue weighted by molar-refractivity contribution is 5.99. The van der Waals surface area contributed by atoms with E-state index in [4.69, 9.17) is 18.9 Å². The van der Waals surface area contributed by atoms with E-state index in [2.05, 4.69) is 0 Å². The maximum atomic E-state index is 11.6. The Morgan fingerprint density at radius 1 is 0.944 bits per heavy atom. The SMILES string of the molecule is C/C(C(=O)OCC1CO1)=C(\C)C(=O)OCC1CO1. The van der Waals surface area contributed by atoms with Gasteiger partial charge in [0.05, 0.1) is 13.2 Å². The molecule has 0 radical (unpaired) electrons. The minimum atomic E-state index is -0.511. The molecule has 100 valence electrons. The van der Waals surface area contributed by atoms with E-state index in [0.717, 1.165) is 0 Å². The molecule has 2 aliphatic rings. The van der Waals surface area contributed by atoms with Gasteiger partial charge in [-0.05, 0) is 13.8 Å². The molecule has 18 heavy (non-hydrogen) atoms. The van der Waals surface area contributed by atoms with E-state index in [1.54, 1.807) is 13.8 Å². The van der Waals surface area contributed by atoms with Gasteiger partial charge in [0.1, 0.15) is 25.4 Å². The average Bonchev–Trinajstić information content (AvgIpc) is 3.24. The molecule has 0 N–H and O–H groups in total. The summed E-state index contributed by atoms with van der Waals surface area (Å²) in [5, 5.41) is 0. The topological polar surface area (TPSA) is 77.7 Å². The van der Waals surface area contributed by atoms with Crippen LogP contribution in [0.1, 0.15) is 13.8 Å². The first-order chi connectivity index (χ1) is 8.58. The molecule has 2 aliphatic heterocycles. The largest absolute Gasteiger partial charge is 0.459 e.